The second-order valence-corrected chi connectivity index (χ2v) is 7.38. The van der Waals surface area contributed by atoms with E-state index >= 15 is 0 Å². The molecular formula is C23H26O. The van der Waals surface area contributed by atoms with Crippen LogP contribution in [-0.4, -0.2) is 7.11 Å². The first-order valence-electron chi connectivity index (χ1n) is 8.64. The first-order chi connectivity index (χ1) is 11.4. The van der Waals surface area contributed by atoms with Gasteiger partial charge in [-0.2, -0.15) is 0 Å². The van der Waals surface area contributed by atoms with Crippen molar-refractivity contribution in [1.29, 1.82) is 0 Å². The number of ether oxygens (including phenoxy) is 1. The van der Waals surface area contributed by atoms with Crippen LogP contribution < -0.4 is 4.74 Å². The second-order valence-electron chi connectivity index (χ2n) is 7.38. The van der Waals surface area contributed by atoms with Crippen LogP contribution in [-0.2, 0) is 11.8 Å². The van der Waals surface area contributed by atoms with Gasteiger partial charge in [0, 0.05) is 5.56 Å². The van der Waals surface area contributed by atoms with Gasteiger partial charge >= 0.3 is 0 Å². The minimum absolute atomic E-state index is 0.115. The summed E-state index contributed by atoms with van der Waals surface area (Å²) in [4.78, 5) is 0. The molecule has 24 heavy (non-hydrogen) atoms. The first kappa shape index (κ1) is 16.6. The van der Waals surface area contributed by atoms with Gasteiger partial charge in [-0.05, 0) is 57.5 Å². The minimum atomic E-state index is 0.115. The molecule has 3 aromatic carbocycles. The number of rotatable bonds is 3. The molecule has 0 N–H and O–H groups in total. The zero-order chi connectivity index (χ0) is 17.3. The van der Waals surface area contributed by atoms with E-state index in [1.807, 2.05) is 0 Å². The highest BCUT2D eigenvalue weighted by Crippen LogP contribution is 2.38. The fourth-order valence-electron chi connectivity index (χ4n) is 3.22. The second kappa shape index (κ2) is 6.32. The van der Waals surface area contributed by atoms with Gasteiger partial charge in [0.2, 0.25) is 0 Å². The Hall–Kier alpha value is -2.28. The molecular weight excluding hydrogens is 292 g/mol. The van der Waals surface area contributed by atoms with Gasteiger partial charge < -0.3 is 4.74 Å². The molecule has 0 heterocycles. The van der Waals surface area contributed by atoms with Crippen LogP contribution in [0.15, 0.2) is 54.6 Å². The highest BCUT2D eigenvalue weighted by Gasteiger charge is 2.18. The summed E-state index contributed by atoms with van der Waals surface area (Å²) >= 11 is 0. The Morgan fingerprint density at radius 3 is 2.08 bits per heavy atom. The van der Waals surface area contributed by atoms with E-state index in [0.29, 0.717) is 0 Å². The predicted molar refractivity (Wildman–Crippen MR) is 104 cm³/mol. The number of aryl methyl sites for hydroxylation is 1. The summed E-state index contributed by atoms with van der Waals surface area (Å²) in [7, 11) is 1.75. The molecule has 0 unspecified atom stereocenters. The molecule has 0 aliphatic heterocycles. The molecule has 0 saturated carbocycles. The van der Waals surface area contributed by atoms with E-state index < -0.39 is 0 Å². The monoisotopic (exact) mass is 318 g/mol. The molecule has 0 aromatic heterocycles. The molecule has 124 valence electrons. The molecule has 0 amide bonds. The van der Waals surface area contributed by atoms with Gasteiger partial charge in [-0.1, -0.05) is 64.1 Å². The summed E-state index contributed by atoms with van der Waals surface area (Å²) in [5.41, 5.74) is 5.27. The van der Waals surface area contributed by atoms with Gasteiger partial charge in [0.25, 0.3) is 0 Å². The molecule has 0 radical (unpaired) electrons. The van der Waals surface area contributed by atoms with E-state index in [2.05, 4.69) is 82.3 Å². The maximum atomic E-state index is 5.68. The van der Waals surface area contributed by atoms with Crippen LogP contribution in [0.2, 0.25) is 0 Å². The van der Waals surface area contributed by atoms with Gasteiger partial charge in [-0.15, -0.1) is 0 Å². The summed E-state index contributed by atoms with van der Waals surface area (Å²) in [6.45, 7) is 8.97. The van der Waals surface area contributed by atoms with Gasteiger partial charge in [-0.25, -0.2) is 0 Å². The average Bonchev–Trinajstić information content (AvgIpc) is 2.59. The zero-order valence-electron chi connectivity index (χ0n) is 15.3. The quantitative estimate of drug-likeness (QED) is 0.545. The summed E-state index contributed by atoms with van der Waals surface area (Å²) in [5.74, 6) is 0.938. The summed E-state index contributed by atoms with van der Waals surface area (Å²) < 4.78 is 5.68. The van der Waals surface area contributed by atoms with Crippen LogP contribution in [0.4, 0.5) is 0 Å². The van der Waals surface area contributed by atoms with Crippen LogP contribution >= 0.6 is 0 Å². The molecule has 0 spiro atoms. The Kier molecular flexibility index (Phi) is 4.36. The smallest absolute Gasteiger partial charge is 0.126 e. The van der Waals surface area contributed by atoms with Crippen LogP contribution in [0, 0.1) is 0 Å². The van der Waals surface area contributed by atoms with Gasteiger partial charge in [0.1, 0.15) is 5.75 Å². The number of benzene rings is 3. The van der Waals surface area contributed by atoms with E-state index in [4.69, 9.17) is 4.74 Å². The largest absolute Gasteiger partial charge is 0.496 e. The Balaban J connectivity index is 2.29. The highest BCUT2D eigenvalue weighted by molar-refractivity contribution is 5.90. The number of methoxy groups -OCH3 is 1. The maximum Gasteiger partial charge on any atom is 0.126 e. The molecule has 0 aliphatic carbocycles. The third-order valence-corrected chi connectivity index (χ3v) is 4.71. The molecule has 1 nitrogen and oxygen atoms in total. The van der Waals surface area contributed by atoms with Gasteiger partial charge in [0.15, 0.2) is 0 Å². The number of hydrogen-bond donors (Lipinski definition) is 0. The number of hydrogen-bond acceptors (Lipinski definition) is 1. The molecule has 3 aromatic rings. The normalized spacial score (nSPS) is 11.7. The lowest BCUT2D eigenvalue weighted by molar-refractivity contribution is 0.416. The van der Waals surface area contributed by atoms with Gasteiger partial charge in [0.05, 0.1) is 7.11 Å². The fourth-order valence-corrected chi connectivity index (χ4v) is 3.22. The summed E-state index contributed by atoms with van der Waals surface area (Å²) in [6, 6.07) is 19.7. The Bertz CT molecular complexity index is 869. The van der Waals surface area contributed by atoms with Crippen molar-refractivity contribution in [3.8, 4) is 16.9 Å². The standard InChI is InChI=1S/C23H26O/c1-6-16-13-17-9-7-8-10-18(17)14-20(16)21-15-19(23(2,3)4)11-12-22(21)24-5/h7-15H,6H2,1-5H3. The lowest BCUT2D eigenvalue weighted by Gasteiger charge is -2.22. The van der Waals surface area contributed by atoms with Crippen molar-refractivity contribution in [3.05, 3.63) is 65.7 Å². The summed E-state index contributed by atoms with van der Waals surface area (Å²) in [6.07, 6.45) is 1.00. The van der Waals surface area contributed by atoms with Crippen LogP contribution in [0.3, 0.4) is 0 Å². The molecule has 3 rings (SSSR count). The van der Waals surface area contributed by atoms with Gasteiger partial charge in [-0.3, -0.25) is 0 Å². The molecule has 0 saturated heterocycles. The molecule has 0 aliphatic rings. The molecule has 0 atom stereocenters. The van der Waals surface area contributed by atoms with E-state index in [0.717, 1.165) is 12.2 Å². The van der Waals surface area contributed by atoms with Crippen molar-refractivity contribution in [3.63, 3.8) is 0 Å². The van der Waals surface area contributed by atoms with E-state index in [1.54, 1.807) is 7.11 Å². The van der Waals surface area contributed by atoms with Crippen molar-refractivity contribution < 1.29 is 4.74 Å². The van der Waals surface area contributed by atoms with Crippen molar-refractivity contribution in [2.45, 2.75) is 39.5 Å². The predicted octanol–water partition coefficient (Wildman–Crippen LogP) is 6.38. The van der Waals surface area contributed by atoms with E-state index in [1.165, 1.54) is 33.0 Å². The van der Waals surface area contributed by atoms with Crippen molar-refractivity contribution in [2.75, 3.05) is 7.11 Å². The molecule has 0 fully saturated rings. The van der Waals surface area contributed by atoms with E-state index in [9.17, 15) is 0 Å². The maximum absolute atomic E-state index is 5.68. The van der Waals surface area contributed by atoms with Crippen molar-refractivity contribution >= 4 is 10.8 Å². The van der Waals surface area contributed by atoms with Crippen LogP contribution in [0.5, 0.6) is 5.75 Å². The lowest BCUT2D eigenvalue weighted by atomic mass is 9.84. The van der Waals surface area contributed by atoms with Crippen molar-refractivity contribution in [2.24, 2.45) is 0 Å². The molecule has 0 bridgehead atoms. The van der Waals surface area contributed by atoms with E-state index in [-0.39, 0.29) is 5.41 Å². The van der Waals surface area contributed by atoms with Crippen LogP contribution in [0.1, 0.15) is 38.8 Å². The van der Waals surface area contributed by atoms with Crippen LogP contribution in [0.25, 0.3) is 21.9 Å². The highest BCUT2D eigenvalue weighted by atomic mass is 16.5. The molecule has 1 heteroatoms. The SMILES string of the molecule is CCc1cc2ccccc2cc1-c1cc(C(C)(C)C)ccc1OC. The summed E-state index contributed by atoms with van der Waals surface area (Å²) in [5, 5.41) is 2.57. The average molecular weight is 318 g/mol. The fraction of sp³-hybridized carbons (Fsp3) is 0.304. The lowest BCUT2D eigenvalue weighted by Crippen LogP contribution is -2.11. The first-order valence-corrected chi connectivity index (χ1v) is 8.64. The third-order valence-electron chi connectivity index (χ3n) is 4.71. The van der Waals surface area contributed by atoms with Crippen molar-refractivity contribution in [1.82, 2.24) is 0 Å². The Morgan fingerprint density at radius 2 is 1.50 bits per heavy atom. The Labute approximate surface area is 145 Å². The third kappa shape index (κ3) is 3.03. The zero-order valence-corrected chi connectivity index (χ0v) is 15.3. The Morgan fingerprint density at radius 1 is 0.833 bits per heavy atom. The topological polar surface area (TPSA) is 9.23 Å². The minimum Gasteiger partial charge on any atom is -0.496 e. The number of fused-ring (bicyclic) bond motifs is 1.